The number of benzene rings is 1. The first-order valence-corrected chi connectivity index (χ1v) is 6.63. The Morgan fingerprint density at radius 2 is 2.00 bits per heavy atom. The van der Waals surface area contributed by atoms with Crippen LogP contribution in [0.1, 0.15) is 0 Å². The Morgan fingerprint density at radius 1 is 1.21 bits per heavy atom. The molecule has 0 unspecified atom stereocenters. The van der Waals surface area contributed by atoms with Gasteiger partial charge < -0.3 is 0 Å². The zero-order valence-electron chi connectivity index (χ0n) is 9.11. The normalized spacial score (nSPS) is 11.2. The molecule has 3 rings (SSSR count). The van der Waals surface area contributed by atoms with Crippen LogP contribution in [-0.2, 0) is 0 Å². The van der Waals surface area contributed by atoms with Crippen LogP contribution < -0.4 is 0 Å². The van der Waals surface area contributed by atoms with Gasteiger partial charge >= 0.3 is 0 Å². The van der Waals surface area contributed by atoms with Crippen molar-refractivity contribution in [3.05, 3.63) is 45.1 Å². The molecule has 4 nitrogen and oxygen atoms in total. The fourth-order valence-corrected chi connectivity index (χ4v) is 2.62. The number of halogens is 4. The maximum Gasteiger partial charge on any atom is 0.225 e. The SMILES string of the molecule is Fc1ccc(-n2ncc3c(Cl)nc(Cl)nc32)c(Br)c1. The average Bonchev–Trinajstić information content (AvgIpc) is 2.73. The van der Waals surface area contributed by atoms with Gasteiger partial charge in [0.1, 0.15) is 11.0 Å². The molecule has 3 aromatic rings. The summed E-state index contributed by atoms with van der Waals surface area (Å²) in [5, 5.41) is 5.00. The molecule has 1 aromatic carbocycles. The van der Waals surface area contributed by atoms with E-state index in [0.717, 1.165) is 0 Å². The van der Waals surface area contributed by atoms with Gasteiger partial charge in [-0.2, -0.15) is 10.1 Å². The maximum absolute atomic E-state index is 13.1. The van der Waals surface area contributed by atoms with E-state index in [1.165, 1.54) is 23.0 Å². The molecule has 0 atom stereocenters. The zero-order valence-corrected chi connectivity index (χ0v) is 12.2. The largest absolute Gasteiger partial charge is 0.225 e. The van der Waals surface area contributed by atoms with Crippen molar-refractivity contribution in [2.75, 3.05) is 0 Å². The summed E-state index contributed by atoms with van der Waals surface area (Å²) < 4.78 is 15.2. The maximum atomic E-state index is 13.1. The van der Waals surface area contributed by atoms with E-state index in [2.05, 4.69) is 31.0 Å². The second kappa shape index (κ2) is 4.70. The Balaban J connectivity index is 2.31. The minimum atomic E-state index is -0.349. The van der Waals surface area contributed by atoms with Crippen molar-refractivity contribution >= 4 is 50.2 Å². The Morgan fingerprint density at radius 3 is 2.74 bits per heavy atom. The number of hydrogen-bond acceptors (Lipinski definition) is 3. The summed E-state index contributed by atoms with van der Waals surface area (Å²) in [4.78, 5) is 7.93. The van der Waals surface area contributed by atoms with Crippen LogP contribution >= 0.6 is 39.1 Å². The van der Waals surface area contributed by atoms with Crippen molar-refractivity contribution in [2.45, 2.75) is 0 Å². The first-order chi connectivity index (χ1) is 9.06. The highest BCUT2D eigenvalue weighted by Gasteiger charge is 2.14. The molecule has 0 saturated carbocycles. The number of nitrogens with zero attached hydrogens (tertiary/aromatic N) is 4. The van der Waals surface area contributed by atoms with E-state index in [9.17, 15) is 4.39 Å². The van der Waals surface area contributed by atoms with E-state index in [1.807, 2.05) is 0 Å². The lowest BCUT2D eigenvalue weighted by Gasteiger charge is -2.05. The van der Waals surface area contributed by atoms with Crippen molar-refractivity contribution in [1.29, 1.82) is 0 Å². The Labute approximate surface area is 125 Å². The monoisotopic (exact) mass is 360 g/mol. The summed E-state index contributed by atoms with van der Waals surface area (Å²) in [5.74, 6) is -0.349. The van der Waals surface area contributed by atoms with Gasteiger partial charge in [-0.1, -0.05) is 11.6 Å². The van der Waals surface area contributed by atoms with Gasteiger partial charge in [0.2, 0.25) is 5.28 Å². The predicted molar refractivity (Wildman–Crippen MR) is 74.3 cm³/mol. The molecule has 0 bridgehead atoms. The summed E-state index contributed by atoms with van der Waals surface area (Å²) in [5.41, 5.74) is 1.08. The zero-order chi connectivity index (χ0) is 13.6. The molecule has 96 valence electrons. The molecule has 0 amide bonds. The summed E-state index contributed by atoms with van der Waals surface area (Å²) in [6, 6.07) is 4.25. The van der Waals surface area contributed by atoms with Crippen LogP contribution in [0.4, 0.5) is 4.39 Å². The van der Waals surface area contributed by atoms with Crippen molar-refractivity contribution in [3.63, 3.8) is 0 Å². The van der Waals surface area contributed by atoms with E-state index in [1.54, 1.807) is 6.07 Å². The molecule has 0 saturated heterocycles. The molecule has 8 heteroatoms. The lowest BCUT2D eigenvalue weighted by Crippen LogP contribution is -1.99. The van der Waals surface area contributed by atoms with Gasteiger partial charge in [0, 0.05) is 4.47 Å². The summed E-state index contributed by atoms with van der Waals surface area (Å²) in [6.07, 6.45) is 1.53. The van der Waals surface area contributed by atoms with Gasteiger partial charge in [-0.25, -0.2) is 14.1 Å². The van der Waals surface area contributed by atoms with E-state index >= 15 is 0 Å². The highest BCUT2D eigenvalue weighted by atomic mass is 79.9. The van der Waals surface area contributed by atoms with E-state index in [4.69, 9.17) is 23.2 Å². The van der Waals surface area contributed by atoms with Crippen LogP contribution in [0.2, 0.25) is 10.4 Å². The van der Waals surface area contributed by atoms with Crippen molar-refractivity contribution < 1.29 is 4.39 Å². The van der Waals surface area contributed by atoms with Gasteiger partial charge in [0.25, 0.3) is 0 Å². The second-order valence-electron chi connectivity index (χ2n) is 3.67. The Hall–Kier alpha value is -1.24. The van der Waals surface area contributed by atoms with Crippen molar-refractivity contribution in [3.8, 4) is 5.69 Å². The molecule has 0 radical (unpaired) electrons. The highest BCUT2D eigenvalue weighted by Crippen LogP contribution is 2.27. The molecule has 0 aliphatic rings. The fraction of sp³-hybridized carbons (Fsp3) is 0. The van der Waals surface area contributed by atoms with Crippen molar-refractivity contribution in [2.24, 2.45) is 0 Å². The Bertz CT molecular complexity index is 790. The van der Waals surface area contributed by atoms with Gasteiger partial charge in [0.15, 0.2) is 5.65 Å². The first-order valence-electron chi connectivity index (χ1n) is 5.08. The van der Waals surface area contributed by atoms with Crippen LogP contribution in [0.25, 0.3) is 16.7 Å². The molecule has 2 heterocycles. The molecule has 0 aliphatic heterocycles. The minimum absolute atomic E-state index is 0.0254. The van der Waals surface area contributed by atoms with E-state index in [0.29, 0.717) is 21.2 Å². The molecule has 0 aliphatic carbocycles. The quantitative estimate of drug-likeness (QED) is 0.485. The fourth-order valence-electron chi connectivity index (χ4n) is 1.68. The molecule has 0 N–H and O–H groups in total. The number of aromatic nitrogens is 4. The lowest BCUT2D eigenvalue weighted by atomic mass is 10.3. The molecule has 0 fully saturated rings. The standard InChI is InChI=1S/C11H4BrCl2FN4/c12-7-3-5(15)1-2-8(7)19-10-6(4-16-19)9(13)17-11(14)18-10/h1-4H. The topological polar surface area (TPSA) is 43.6 Å². The average molecular weight is 362 g/mol. The van der Waals surface area contributed by atoms with E-state index in [-0.39, 0.29) is 16.3 Å². The summed E-state index contributed by atoms with van der Waals surface area (Å²) in [7, 11) is 0. The van der Waals surface area contributed by atoms with Crippen molar-refractivity contribution in [1.82, 2.24) is 19.7 Å². The number of hydrogen-bond donors (Lipinski definition) is 0. The smallest absolute Gasteiger partial charge is 0.213 e. The van der Waals surface area contributed by atoms with E-state index < -0.39 is 0 Å². The van der Waals surface area contributed by atoms with Gasteiger partial charge in [0.05, 0.1) is 17.3 Å². The number of fused-ring (bicyclic) bond motifs is 1. The minimum Gasteiger partial charge on any atom is -0.213 e. The highest BCUT2D eigenvalue weighted by molar-refractivity contribution is 9.10. The molecular weight excluding hydrogens is 358 g/mol. The van der Waals surface area contributed by atoms with Crippen LogP contribution in [0.5, 0.6) is 0 Å². The third-order valence-corrected chi connectivity index (χ3v) is 3.58. The second-order valence-corrected chi connectivity index (χ2v) is 5.22. The van der Waals surface area contributed by atoms with Crippen LogP contribution in [0.15, 0.2) is 28.9 Å². The lowest BCUT2D eigenvalue weighted by molar-refractivity contribution is 0.626. The van der Waals surface area contributed by atoms with Crippen LogP contribution in [0, 0.1) is 5.82 Å². The predicted octanol–water partition coefficient (Wildman–Crippen LogP) is 4.02. The van der Waals surface area contributed by atoms with Gasteiger partial charge in [-0.05, 0) is 45.7 Å². The molecule has 0 spiro atoms. The van der Waals surface area contributed by atoms with Crippen LogP contribution in [-0.4, -0.2) is 19.7 Å². The number of rotatable bonds is 1. The van der Waals surface area contributed by atoms with Crippen LogP contribution in [0.3, 0.4) is 0 Å². The van der Waals surface area contributed by atoms with Gasteiger partial charge in [-0.15, -0.1) is 0 Å². The third kappa shape index (κ3) is 2.20. The molecule has 19 heavy (non-hydrogen) atoms. The summed E-state index contributed by atoms with van der Waals surface area (Å²) >= 11 is 15.0. The van der Waals surface area contributed by atoms with Gasteiger partial charge in [-0.3, -0.25) is 0 Å². The molecular formula is C11H4BrCl2FN4. The summed E-state index contributed by atoms with van der Waals surface area (Å²) in [6.45, 7) is 0. The third-order valence-electron chi connectivity index (χ3n) is 2.49. The Kier molecular flexibility index (Phi) is 3.16. The molecule has 2 aromatic heterocycles. The first kappa shape index (κ1) is 12.8.